The summed E-state index contributed by atoms with van der Waals surface area (Å²) in [5, 5.41) is 3.51. The van der Waals surface area contributed by atoms with Crippen molar-refractivity contribution in [2.45, 2.75) is 38.6 Å². The van der Waals surface area contributed by atoms with Crippen LogP contribution < -0.4 is 14.8 Å². The first kappa shape index (κ1) is 13.1. The Kier molecular flexibility index (Phi) is 5.27. The molecule has 1 atom stereocenters. The Labute approximate surface area is 109 Å². The Morgan fingerprint density at radius 2 is 2.11 bits per heavy atom. The first-order chi connectivity index (χ1) is 8.88. The van der Waals surface area contributed by atoms with Gasteiger partial charge in [-0.05, 0) is 32.7 Å². The fraction of sp³-hybridized carbons (Fsp3) is 0.643. The molecule has 1 aliphatic rings. The Balaban J connectivity index is 1.73. The molecular weight excluding hydrogens is 228 g/mol. The van der Waals surface area contributed by atoms with Gasteiger partial charge in [-0.25, -0.2) is 0 Å². The maximum Gasteiger partial charge on any atom is 0.216 e. The van der Waals surface area contributed by atoms with Gasteiger partial charge in [0, 0.05) is 18.2 Å². The SMILES string of the molecule is CCOc1cccc(OCCC2CCCCN2)n1. The minimum Gasteiger partial charge on any atom is -0.478 e. The van der Waals surface area contributed by atoms with Crippen molar-refractivity contribution in [1.29, 1.82) is 0 Å². The van der Waals surface area contributed by atoms with Crippen LogP contribution in [-0.2, 0) is 0 Å². The van der Waals surface area contributed by atoms with Crippen molar-refractivity contribution in [2.24, 2.45) is 0 Å². The van der Waals surface area contributed by atoms with Crippen molar-refractivity contribution in [3.05, 3.63) is 18.2 Å². The fourth-order valence-electron chi connectivity index (χ4n) is 2.18. The van der Waals surface area contributed by atoms with Crippen molar-refractivity contribution >= 4 is 0 Å². The summed E-state index contributed by atoms with van der Waals surface area (Å²) in [6.45, 7) is 4.43. The van der Waals surface area contributed by atoms with Crippen LogP contribution in [0.3, 0.4) is 0 Å². The predicted molar refractivity (Wildman–Crippen MR) is 71.2 cm³/mol. The molecule has 4 nitrogen and oxygen atoms in total. The molecule has 0 aliphatic carbocycles. The van der Waals surface area contributed by atoms with Crippen LogP contribution in [0.15, 0.2) is 18.2 Å². The van der Waals surface area contributed by atoms with Crippen molar-refractivity contribution in [3.63, 3.8) is 0 Å². The smallest absolute Gasteiger partial charge is 0.216 e. The van der Waals surface area contributed by atoms with E-state index in [1.54, 1.807) is 0 Å². The van der Waals surface area contributed by atoms with E-state index in [9.17, 15) is 0 Å². The van der Waals surface area contributed by atoms with Gasteiger partial charge in [-0.15, -0.1) is 0 Å². The second kappa shape index (κ2) is 7.21. The first-order valence-electron chi connectivity index (χ1n) is 6.84. The summed E-state index contributed by atoms with van der Waals surface area (Å²) in [6.07, 6.45) is 4.93. The third kappa shape index (κ3) is 4.18. The van der Waals surface area contributed by atoms with Crippen LogP contribution >= 0.6 is 0 Å². The lowest BCUT2D eigenvalue weighted by Crippen LogP contribution is -2.35. The third-order valence-corrected chi connectivity index (χ3v) is 3.12. The lowest BCUT2D eigenvalue weighted by molar-refractivity contribution is 0.254. The van der Waals surface area contributed by atoms with Gasteiger partial charge in [-0.1, -0.05) is 12.5 Å². The summed E-state index contributed by atoms with van der Waals surface area (Å²) in [7, 11) is 0. The molecule has 1 unspecified atom stereocenters. The molecule has 2 heterocycles. The molecule has 18 heavy (non-hydrogen) atoms. The first-order valence-corrected chi connectivity index (χ1v) is 6.84. The van der Waals surface area contributed by atoms with E-state index < -0.39 is 0 Å². The molecule has 4 heteroatoms. The van der Waals surface area contributed by atoms with Crippen LogP contribution in [0.2, 0.25) is 0 Å². The number of piperidine rings is 1. The number of pyridine rings is 1. The lowest BCUT2D eigenvalue weighted by Gasteiger charge is -2.23. The molecule has 100 valence electrons. The number of aromatic nitrogens is 1. The van der Waals surface area contributed by atoms with Crippen LogP contribution in [0.1, 0.15) is 32.6 Å². The van der Waals surface area contributed by atoms with Gasteiger partial charge in [0.2, 0.25) is 11.8 Å². The van der Waals surface area contributed by atoms with E-state index in [-0.39, 0.29) is 0 Å². The number of hydrogen-bond donors (Lipinski definition) is 1. The zero-order valence-electron chi connectivity index (χ0n) is 11.0. The molecule has 0 amide bonds. The number of rotatable bonds is 6. The fourth-order valence-corrected chi connectivity index (χ4v) is 2.18. The summed E-state index contributed by atoms with van der Waals surface area (Å²) in [5.41, 5.74) is 0. The normalized spacial score (nSPS) is 19.5. The molecule has 1 aromatic rings. The van der Waals surface area contributed by atoms with Gasteiger partial charge in [0.1, 0.15) is 0 Å². The minimum absolute atomic E-state index is 0.605. The Bertz CT molecular complexity index is 351. The highest BCUT2D eigenvalue weighted by atomic mass is 16.5. The third-order valence-electron chi connectivity index (χ3n) is 3.12. The highest BCUT2D eigenvalue weighted by Crippen LogP contribution is 2.15. The molecule has 1 aliphatic heterocycles. The zero-order valence-corrected chi connectivity index (χ0v) is 11.0. The van der Waals surface area contributed by atoms with Crippen molar-refractivity contribution in [3.8, 4) is 11.8 Å². The molecule has 1 fully saturated rings. The molecule has 0 saturated carbocycles. The van der Waals surface area contributed by atoms with E-state index in [4.69, 9.17) is 9.47 Å². The van der Waals surface area contributed by atoms with Crippen LogP contribution in [0.25, 0.3) is 0 Å². The molecule has 0 bridgehead atoms. The second-order valence-electron chi connectivity index (χ2n) is 4.53. The van der Waals surface area contributed by atoms with Crippen molar-refractivity contribution < 1.29 is 9.47 Å². The summed E-state index contributed by atoms with van der Waals surface area (Å²) < 4.78 is 11.0. The van der Waals surface area contributed by atoms with Crippen LogP contribution in [0.4, 0.5) is 0 Å². The molecule has 1 aromatic heterocycles. The van der Waals surface area contributed by atoms with Crippen LogP contribution in [0, 0.1) is 0 Å². The Morgan fingerprint density at radius 1 is 1.28 bits per heavy atom. The number of nitrogens with zero attached hydrogens (tertiary/aromatic N) is 1. The van der Waals surface area contributed by atoms with Crippen LogP contribution in [0.5, 0.6) is 11.8 Å². The quantitative estimate of drug-likeness (QED) is 0.842. The molecule has 1 N–H and O–H groups in total. The molecule has 0 radical (unpaired) electrons. The van der Waals surface area contributed by atoms with Gasteiger partial charge >= 0.3 is 0 Å². The monoisotopic (exact) mass is 250 g/mol. The predicted octanol–water partition coefficient (Wildman–Crippen LogP) is 2.39. The van der Waals surface area contributed by atoms with E-state index in [1.807, 2.05) is 25.1 Å². The summed E-state index contributed by atoms with van der Waals surface area (Å²) in [6, 6.07) is 6.23. The van der Waals surface area contributed by atoms with E-state index in [0.29, 0.717) is 31.0 Å². The number of hydrogen-bond acceptors (Lipinski definition) is 4. The Hall–Kier alpha value is -1.29. The van der Waals surface area contributed by atoms with Crippen molar-refractivity contribution in [1.82, 2.24) is 10.3 Å². The van der Waals surface area contributed by atoms with E-state index in [1.165, 1.54) is 19.3 Å². The van der Waals surface area contributed by atoms with E-state index >= 15 is 0 Å². The molecular formula is C14H22N2O2. The van der Waals surface area contributed by atoms with Gasteiger partial charge in [0.25, 0.3) is 0 Å². The Morgan fingerprint density at radius 3 is 2.83 bits per heavy atom. The topological polar surface area (TPSA) is 43.4 Å². The maximum absolute atomic E-state index is 5.66. The van der Waals surface area contributed by atoms with Gasteiger partial charge in [0.15, 0.2) is 0 Å². The van der Waals surface area contributed by atoms with Gasteiger partial charge in [-0.2, -0.15) is 4.98 Å². The minimum atomic E-state index is 0.605. The van der Waals surface area contributed by atoms with Crippen molar-refractivity contribution in [2.75, 3.05) is 19.8 Å². The van der Waals surface area contributed by atoms with Gasteiger partial charge in [-0.3, -0.25) is 0 Å². The average Bonchev–Trinajstić information content (AvgIpc) is 2.41. The van der Waals surface area contributed by atoms with E-state index in [2.05, 4.69) is 10.3 Å². The standard InChI is InChI=1S/C14H22N2O2/c1-2-17-13-7-5-8-14(16-13)18-11-9-12-6-3-4-10-15-12/h5,7-8,12,15H,2-4,6,9-11H2,1H3. The molecule has 0 spiro atoms. The van der Waals surface area contributed by atoms with Gasteiger partial charge in [0.05, 0.1) is 13.2 Å². The average molecular weight is 250 g/mol. The number of nitrogens with one attached hydrogen (secondary N) is 1. The molecule has 0 aromatic carbocycles. The zero-order chi connectivity index (χ0) is 12.6. The highest BCUT2D eigenvalue weighted by molar-refractivity contribution is 5.19. The van der Waals surface area contributed by atoms with Gasteiger partial charge < -0.3 is 14.8 Å². The largest absolute Gasteiger partial charge is 0.478 e. The molecule has 2 rings (SSSR count). The summed E-state index contributed by atoms with van der Waals surface area (Å²) in [4.78, 5) is 4.28. The maximum atomic E-state index is 5.66. The summed E-state index contributed by atoms with van der Waals surface area (Å²) in [5.74, 6) is 1.28. The lowest BCUT2D eigenvalue weighted by atomic mass is 10.0. The number of ether oxygens (including phenoxy) is 2. The molecule has 1 saturated heterocycles. The summed E-state index contributed by atoms with van der Waals surface area (Å²) >= 11 is 0. The highest BCUT2D eigenvalue weighted by Gasteiger charge is 2.12. The van der Waals surface area contributed by atoms with Crippen LogP contribution in [-0.4, -0.2) is 30.8 Å². The van der Waals surface area contributed by atoms with E-state index in [0.717, 1.165) is 13.0 Å². The second-order valence-corrected chi connectivity index (χ2v) is 4.53.